The highest BCUT2D eigenvalue weighted by molar-refractivity contribution is 8.13. The van der Waals surface area contributed by atoms with Gasteiger partial charge in [-0.1, -0.05) is 17.8 Å². The summed E-state index contributed by atoms with van der Waals surface area (Å²) in [7, 11) is 0. The van der Waals surface area contributed by atoms with Crippen LogP contribution in [-0.2, 0) is 11.0 Å². The number of hydrogen-bond acceptors (Lipinski definition) is 3. The second kappa shape index (κ2) is 6.58. The van der Waals surface area contributed by atoms with Crippen molar-refractivity contribution >= 4 is 23.0 Å². The Bertz CT molecular complexity index is 426. The molecule has 0 aliphatic carbocycles. The maximum Gasteiger partial charge on any atom is 0.417 e. The Kier molecular flexibility index (Phi) is 5.40. The fraction of sp³-hybridized carbons (Fsp3) is 0.333. The molecule has 1 rings (SSSR count). The van der Waals surface area contributed by atoms with Gasteiger partial charge in [-0.3, -0.25) is 9.78 Å². The van der Waals surface area contributed by atoms with Gasteiger partial charge in [0.1, 0.15) is 0 Å². The highest BCUT2D eigenvalue weighted by Crippen LogP contribution is 2.28. The molecule has 0 saturated carbocycles. The van der Waals surface area contributed by atoms with E-state index in [0.29, 0.717) is 17.9 Å². The first-order chi connectivity index (χ1) is 8.39. The number of alkyl halides is 3. The Labute approximate surface area is 107 Å². The molecular weight excluding hydrogens is 263 g/mol. The summed E-state index contributed by atoms with van der Waals surface area (Å²) in [6, 6.07) is 2.31. The van der Waals surface area contributed by atoms with E-state index in [-0.39, 0.29) is 5.12 Å². The van der Waals surface area contributed by atoms with Gasteiger partial charge in [0.15, 0.2) is 5.12 Å². The van der Waals surface area contributed by atoms with Crippen molar-refractivity contribution in [2.75, 3.05) is 5.75 Å². The van der Waals surface area contributed by atoms with Crippen molar-refractivity contribution in [3.05, 3.63) is 35.7 Å². The predicted octanol–water partition coefficient (Wildman–Crippen LogP) is 3.78. The number of aromatic nitrogens is 1. The molecule has 0 aliphatic heterocycles. The topological polar surface area (TPSA) is 30.0 Å². The largest absolute Gasteiger partial charge is 0.417 e. The van der Waals surface area contributed by atoms with Crippen molar-refractivity contribution in [3.8, 4) is 0 Å². The van der Waals surface area contributed by atoms with E-state index in [2.05, 4.69) is 4.98 Å². The molecule has 0 aliphatic rings. The number of halogens is 3. The van der Waals surface area contributed by atoms with Crippen LogP contribution in [0.1, 0.15) is 24.6 Å². The molecule has 0 atom stereocenters. The summed E-state index contributed by atoms with van der Waals surface area (Å²) >= 11 is 1.21. The third-order valence-corrected chi connectivity index (χ3v) is 2.84. The van der Waals surface area contributed by atoms with Crippen LogP contribution in [0.25, 0.3) is 6.08 Å². The first-order valence-electron chi connectivity index (χ1n) is 5.23. The molecule has 0 spiro atoms. The Morgan fingerprint density at radius 1 is 1.44 bits per heavy atom. The van der Waals surface area contributed by atoms with Crippen molar-refractivity contribution in [3.63, 3.8) is 0 Å². The fourth-order valence-electron chi connectivity index (χ4n) is 1.15. The van der Waals surface area contributed by atoms with Crippen LogP contribution < -0.4 is 0 Å². The average molecular weight is 275 g/mol. The summed E-state index contributed by atoms with van der Waals surface area (Å²) in [5, 5.41) is 0.0519. The summed E-state index contributed by atoms with van der Waals surface area (Å²) in [6.07, 6.45) is 0.552. The SMILES string of the molecule is CC(=O)SCCC=Cc1ccc(C(F)(F)F)cn1. The number of thioether (sulfide) groups is 1. The third-order valence-electron chi connectivity index (χ3n) is 1.99. The second-order valence-electron chi connectivity index (χ2n) is 3.50. The highest BCUT2D eigenvalue weighted by Gasteiger charge is 2.30. The monoisotopic (exact) mass is 275 g/mol. The lowest BCUT2D eigenvalue weighted by molar-refractivity contribution is -0.137. The first kappa shape index (κ1) is 14.8. The van der Waals surface area contributed by atoms with Crippen LogP contribution >= 0.6 is 11.8 Å². The smallest absolute Gasteiger partial charge is 0.288 e. The van der Waals surface area contributed by atoms with Crippen LogP contribution in [-0.4, -0.2) is 15.9 Å². The highest BCUT2D eigenvalue weighted by atomic mass is 32.2. The van der Waals surface area contributed by atoms with Crippen LogP contribution in [0.3, 0.4) is 0 Å². The van der Waals surface area contributed by atoms with Crippen molar-refractivity contribution in [2.45, 2.75) is 19.5 Å². The fourth-order valence-corrected chi connectivity index (χ4v) is 1.69. The van der Waals surface area contributed by atoms with Crippen molar-refractivity contribution in [1.82, 2.24) is 4.98 Å². The molecule has 1 heterocycles. The molecule has 0 fully saturated rings. The van der Waals surface area contributed by atoms with Gasteiger partial charge in [0, 0.05) is 18.9 Å². The molecule has 1 aromatic rings. The van der Waals surface area contributed by atoms with E-state index in [1.807, 2.05) is 0 Å². The van der Waals surface area contributed by atoms with Gasteiger partial charge in [-0.05, 0) is 24.6 Å². The second-order valence-corrected chi connectivity index (χ2v) is 4.77. The van der Waals surface area contributed by atoms with Crippen molar-refractivity contribution in [1.29, 1.82) is 0 Å². The molecule has 18 heavy (non-hydrogen) atoms. The van der Waals surface area contributed by atoms with Gasteiger partial charge in [0.25, 0.3) is 0 Å². The van der Waals surface area contributed by atoms with Crippen LogP contribution in [0.4, 0.5) is 13.2 Å². The molecule has 0 N–H and O–H groups in total. The average Bonchev–Trinajstić information content (AvgIpc) is 2.27. The lowest BCUT2D eigenvalue weighted by atomic mass is 10.2. The summed E-state index contributed by atoms with van der Waals surface area (Å²) in [4.78, 5) is 14.3. The molecule has 0 aromatic carbocycles. The number of carbonyl (C=O) groups is 1. The van der Waals surface area contributed by atoms with Crippen LogP contribution in [0.15, 0.2) is 24.4 Å². The van der Waals surface area contributed by atoms with E-state index in [9.17, 15) is 18.0 Å². The maximum absolute atomic E-state index is 12.3. The molecule has 98 valence electrons. The van der Waals surface area contributed by atoms with Gasteiger partial charge in [-0.25, -0.2) is 0 Å². The molecule has 0 saturated heterocycles. The number of allylic oxidation sites excluding steroid dienone is 1. The van der Waals surface area contributed by atoms with Gasteiger partial charge in [0.2, 0.25) is 0 Å². The van der Waals surface area contributed by atoms with Gasteiger partial charge in [0.05, 0.1) is 11.3 Å². The molecule has 0 radical (unpaired) electrons. The lowest BCUT2D eigenvalue weighted by Crippen LogP contribution is -2.05. The van der Waals surface area contributed by atoms with Gasteiger partial charge < -0.3 is 0 Å². The number of hydrogen-bond donors (Lipinski definition) is 0. The number of carbonyl (C=O) groups excluding carboxylic acids is 1. The normalized spacial score (nSPS) is 12.0. The Hall–Kier alpha value is -1.30. The molecule has 2 nitrogen and oxygen atoms in total. The molecule has 0 amide bonds. The number of rotatable bonds is 4. The molecule has 1 aromatic heterocycles. The molecule has 0 unspecified atom stereocenters. The van der Waals surface area contributed by atoms with Gasteiger partial charge >= 0.3 is 6.18 Å². The van der Waals surface area contributed by atoms with Gasteiger partial charge in [-0.2, -0.15) is 13.2 Å². The first-order valence-corrected chi connectivity index (χ1v) is 6.21. The minimum atomic E-state index is -4.35. The van der Waals surface area contributed by atoms with Crippen molar-refractivity contribution < 1.29 is 18.0 Å². The zero-order chi connectivity index (χ0) is 13.6. The quantitative estimate of drug-likeness (QED) is 0.783. The Balaban J connectivity index is 2.49. The van der Waals surface area contributed by atoms with E-state index >= 15 is 0 Å². The van der Waals surface area contributed by atoms with Crippen LogP contribution in [0.2, 0.25) is 0 Å². The Morgan fingerprint density at radius 2 is 2.17 bits per heavy atom. The predicted molar refractivity (Wildman–Crippen MR) is 66.0 cm³/mol. The minimum absolute atomic E-state index is 0.0519. The summed E-state index contributed by atoms with van der Waals surface area (Å²) in [5.41, 5.74) is -0.289. The van der Waals surface area contributed by atoms with Crippen LogP contribution in [0, 0.1) is 0 Å². The summed E-state index contributed by atoms with van der Waals surface area (Å²) in [5.74, 6) is 0.659. The maximum atomic E-state index is 12.3. The van der Waals surface area contributed by atoms with E-state index in [4.69, 9.17) is 0 Å². The van der Waals surface area contributed by atoms with E-state index in [1.54, 1.807) is 12.2 Å². The Morgan fingerprint density at radius 3 is 2.67 bits per heavy atom. The van der Waals surface area contributed by atoms with Crippen LogP contribution in [0.5, 0.6) is 0 Å². The van der Waals surface area contributed by atoms with E-state index in [1.165, 1.54) is 24.8 Å². The molecule has 6 heteroatoms. The lowest BCUT2D eigenvalue weighted by Gasteiger charge is -2.05. The number of nitrogens with zero attached hydrogens (tertiary/aromatic N) is 1. The van der Waals surface area contributed by atoms with E-state index < -0.39 is 11.7 Å². The zero-order valence-electron chi connectivity index (χ0n) is 9.70. The summed E-state index contributed by atoms with van der Waals surface area (Å²) < 4.78 is 36.8. The number of pyridine rings is 1. The zero-order valence-corrected chi connectivity index (χ0v) is 10.5. The van der Waals surface area contributed by atoms with Crippen molar-refractivity contribution in [2.24, 2.45) is 0 Å². The summed E-state index contributed by atoms with van der Waals surface area (Å²) in [6.45, 7) is 1.49. The van der Waals surface area contributed by atoms with Gasteiger partial charge in [-0.15, -0.1) is 0 Å². The standard InChI is InChI=1S/C12H12F3NOS/c1-9(17)18-7-3-2-4-11-6-5-10(8-16-11)12(13,14)15/h2,4-6,8H,3,7H2,1H3. The molecule has 0 bridgehead atoms. The molecular formula is C12H12F3NOS. The third kappa shape index (κ3) is 5.35. The minimum Gasteiger partial charge on any atom is -0.288 e. The van der Waals surface area contributed by atoms with E-state index in [0.717, 1.165) is 12.3 Å².